The van der Waals surface area contributed by atoms with Crippen LogP contribution in [-0.2, 0) is 9.63 Å². The Morgan fingerprint density at radius 1 is 1.89 bits per heavy atom. The van der Waals surface area contributed by atoms with Crippen molar-refractivity contribution < 1.29 is 19.5 Å². The van der Waals surface area contributed by atoms with Gasteiger partial charge < -0.3 is 5.11 Å². The lowest BCUT2D eigenvalue weighted by molar-refractivity contribution is -0.0625. The fourth-order valence-electron chi connectivity index (χ4n) is 0.234. The van der Waals surface area contributed by atoms with Crippen molar-refractivity contribution >= 4 is 12.0 Å². The molecule has 1 N–H and O–H groups in total. The largest absolute Gasteiger partial charge is 0.463 e. The second kappa shape index (κ2) is 3.65. The van der Waals surface area contributed by atoms with Gasteiger partial charge in [0.2, 0.25) is 0 Å². The van der Waals surface area contributed by atoms with Crippen LogP contribution in [0.25, 0.3) is 0 Å². The third-order valence-electron chi connectivity index (χ3n) is 0.555. The van der Waals surface area contributed by atoms with Gasteiger partial charge in [-0.3, -0.25) is 4.84 Å². The molecular weight excluding hydrogens is 126 g/mol. The summed E-state index contributed by atoms with van der Waals surface area (Å²) in [5.74, 6) is 1.25. The zero-order chi connectivity index (χ0) is 7.28. The monoisotopic (exact) mass is 131 g/mol. The molecule has 5 nitrogen and oxygen atoms in total. The van der Waals surface area contributed by atoms with E-state index in [-0.39, 0.29) is 0 Å². The highest BCUT2D eigenvalue weighted by Gasteiger charge is 2.04. The smallest absolute Gasteiger partial charge is 0.436 e. The molecule has 0 spiro atoms. The van der Waals surface area contributed by atoms with Crippen LogP contribution in [0, 0.1) is 0 Å². The molecule has 0 aromatic rings. The van der Waals surface area contributed by atoms with Crippen molar-refractivity contribution in [1.29, 1.82) is 0 Å². The highest BCUT2D eigenvalue weighted by Crippen LogP contribution is 1.85. The Labute approximate surface area is 51.1 Å². The molecule has 5 heteroatoms. The Morgan fingerprint density at radius 2 is 2.44 bits per heavy atom. The van der Waals surface area contributed by atoms with Crippen molar-refractivity contribution in [3.63, 3.8) is 0 Å². The maximum atomic E-state index is 9.91. The molecule has 0 aliphatic carbocycles. The van der Waals surface area contributed by atoms with Crippen molar-refractivity contribution in [3.05, 3.63) is 6.20 Å². The lowest BCUT2D eigenvalue weighted by Gasteiger charge is -2.06. The van der Waals surface area contributed by atoms with E-state index in [0.29, 0.717) is 11.3 Å². The highest BCUT2D eigenvalue weighted by molar-refractivity contribution is 5.67. The Kier molecular flexibility index (Phi) is 3.12. The summed E-state index contributed by atoms with van der Waals surface area (Å²) in [5.41, 5.74) is 0. The van der Waals surface area contributed by atoms with E-state index in [1.54, 1.807) is 0 Å². The van der Waals surface area contributed by atoms with Crippen LogP contribution < -0.4 is 0 Å². The van der Waals surface area contributed by atoms with Crippen molar-refractivity contribution in [2.75, 3.05) is 7.11 Å². The van der Waals surface area contributed by atoms with Gasteiger partial charge >= 0.3 is 6.09 Å². The summed E-state index contributed by atoms with van der Waals surface area (Å²) in [6, 6.07) is 0. The van der Waals surface area contributed by atoms with Crippen LogP contribution in [-0.4, -0.2) is 29.3 Å². The minimum Gasteiger partial charge on any atom is -0.463 e. The summed E-state index contributed by atoms with van der Waals surface area (Å²) >= 11 is 0. The summed E-state index contributed by atoms with van der Waals surface area (Å²) < 4.78 is 0. The summed E-state index contributed by atoms with van der Waals surface area (Å²) in [6.07, 6.45) is -0.733. The Bertz CT molecular complexity index is 147. The minimum absolute atomic E-state index is 0.340. The van der Waals surface area contributed by atoms with Crippen molar-refractivity contribution in [2.24, 2.45) is 0 Å². The molecule has 0 atom stereocenters. The first-order valence-corrected chi connectivity index (χ1v) is 1.99. The topological polar surface area (TPSA) is 66.8 Å². The third-order valence-corrected chi connectivity index (χ3v) is 0.555. The second-order valence-corrected chi connectivity index (χ2v) is 1.04. The molecule has 0 aromatic carbocycles. The molecule has 9 heavy (non-hydrogen) atoms. The van der Waals surface area contributed by atoms with E-state index in [1.807, 2.05) is 0 Å². The number of rotatable bonds is 2. The number of amides is 1. The second-order valence-electron chi connectivity index (χ2n) is 1.04. The maximum Gasteiger partial charge on any atom is 0.436 e. The van der Waals surface area contributed by atoms with Crippen LogP contribution in [0.15, 0.2) is 6.20 Å². The average molecular weight is 131 g/mol. The number of hydrogen-bond acceptors (Lipinski definition) is 3. The van der Waals surface area contributed by atoms with Crippen molar-refractivity contribution in [3.8, 4) is 0 Å². The van der Waals surface area contributed by atoms with Crippen LogP contribution >= 0.6 is 0 Å². The normalized spacial score (nSPS) is 7.67. The van der Waals surface area contributed by atoms with Crippen LogP contribution in [0.4, 0.5) is 4.79 Å². The standard InChI is InChI=1S/C4H5NO4/c1-9-5(2-3-6)4(7)8/h2H,1H3,(H,7,8). The van der Waals surface area contributed by atoms with Gasteiger partial charge in [-0.2, -0.15) is 0 Å². The first-order valence-electron chi connectivity index (χ1n) is 1.99. The maximum absolute atomic E-state index is 9.91. The number of hydroxylamine groups is 2. The molecule has 0 aliphatic heterocycles. The third kappa shape index (κ3) is 2.48. The molecule has 0 aliphatic rings. The molecule has 0 heterocycles. The molecule has 50 valence electrons. The van der Waals surface area contributed by atoms with E-state index in [1.165, 1.54) is 5.94 Å². The van der Waals surface area contributed by atoms with E-state index in [4.69, 9.17) is 5.11 Å². The highest BCUT2D eigenvalue weighted by atomic mass is 16.7. The summed E-state index contributed by atoms with van der Waals surface area (Å²) in [7, 11) is 1.13. The molecule has 0 radical (unpaired) electrons. The fraction of sp³-hybridized carbons (Fsp3) is 0.250. The molecule has 1 amide bonds. The lowest BCUT2D eigenvalue weighted by atomic mass is 10.9. The minimum atomic E-state index is -1.36. The van der Waals surface area contributed by atoms with Gasteiger partial charge in [-0.25, -0.2) is 9.59 Å². The van der Waals surface area contributed by atoms with Gasteiger partial charge in [0, 0.05) is 0 Å². The lowest BCUT2D eigenvalue weighted by Crippen LogP contribution is -2.22. The fourth-order valence-corrected chi connectivity index (χ4v) is 0.234. The average Bonchev–Trinajstić information content (AvgIpc) is 1.82. The van der Waals surface area contributed by atoms with E-state index >= 15 is 0 Å². The van der Waals surface area contributed by atoms with Crippen LogP contribution in [0.1, 0.15) is 0 Å². The molecule has 0 saturated heterocycles. The number of hydrogen-bond donors (Lipinski definition) is 1. The first-order chi connectivity index (χ1) is 4.22. The van der Waals surface area contributed by atoms with Gasteiger partial charge in [-0.05, 0) is 0 Å². The van der Waals surface area contributed by atoms with E-state index in [9.17, 15) is 9.59 Å². The van der Waals surface area contributed by atoms with Gasteiger partial charge in [0.15, 0.2) is 0 Å². The van der Waals surface area contributed by atoms with E-state index < -0.39 is 6.09 Å². The molecule has 0 rings (SSSR count). The Balaban J connectivity index is 3.98. The Morgan fingerprint density at radius 3 is 2.56 bits per heavy atom. The quantitative estimate of drug-likeness (QED) is 0.418. The SMILES string of the molecule is CON(C=C=O)C(=O)O. The van der Waals surface area contributed by atoms with Crippen LogP contribution in [0.3, 0.4) is 0 Å². The zero-order valence-corrected chi connectivity index (χ0v) is 4.70. The van der Waals surface area contributed by atoms with Crippen LogP contribution in [0.5, 0.6) is 0 Å². The number of carbonyl (C=O) groups excluding carboxylic acids is 1. The van der Waals surface area contributed by atoms with Crippen LogP contribution in [0.2, 0.25) is 0 Å². The van der Waals surface area contributed by atoms with E-state index in [2.05, 4.69) is 4.84 Å². The Hall–Kier alpha value is -1.32. The molecule has 0 saturated carbocycles. The molecule has 0 fully saturated rings. The molecular formula is C4H5NO4. The summed E-state index contributed by atoms with van der Waals surface area (Å²) in [4.78, 5) is 23.6. The van der Waals surface area contributed by atoms with Crippen molar-refractivity contribution in [1.82, 2.24) is 5.06 Å². The van der Waals surface area contributed by atoms with E-state index in [0.717, 1.165) is 7.11 Å². The number of carbonyl (C=O) groups is 1. The van der Waals surface area contributed by atoms with Gasteiger partial charge in [-0.15, -0.1) is 5.06 Å². The number of carboxylic acid groups (broad SMARTS) is 1. The number of nitrogens with zero attached hydrogens (tertiary/aromatic N) is 1. The van der Waals surface area contributed by atoms with Gasteiger partial charge in [0.25, 0.3) is 0 Å². The van der Waals surface area contributed by atoms with Gasteiger partial charge in [0.1, 0.15) is 12.1 Å². The summed E-state index contributed by atoms with van der Waals surface area (Å²) in [6.45, 7) is 0. The van der Waals surface area contributed by atoms with Crippen molar-refractivity contribution in [2.45, 2.75) is 0 Å². The first kappa shape index (κ1) is 7.68. The summed E-state index contributed by atoms with van der Waals surface area (Å²) in [5, 5.41) is 8.44. The van der Waals surface area contributed by atoms with Gasteiger partial charge in [0.05, 0.1) is 7.11 Å². The van der Waals surface area contributed by atoms with Gasteiger partial charge in [-0.1, -0.05) is 0 Å². The predicted molar refractivity (Wildman–Crippen MR) is 27.1 cm³/mol. The molecule has 0 bridgehead atoms. The zero-order valence-electron chi connectivity index (χ0n) is 4.70. The predicted octanol–water partition coefficient (Wildman–Crippen LogP) is -0.127. The molecule has 0 aromatic heterocycles. The molecule has 0 unspecified atom stereocenters.